The van der Waals surface area contributed by atoms with Crippen molar-refractivity contribution in [1.29, 1.82) is 0 Å². The number of aromatic nitrogens is 4. The number of rotatable bonds is 6. The van der Waals surface area contributed by atoms with Crippen molar-refractivity contribution >= 4 is 34.8 Å². The van der Waals surface area contributed by atoms with Crippen LogP contribution in [0.2, 0.25) is 0 Å². The van der Waals surface area contributed by atoms with E-state index in [-0.39, 0.29) is 0 Å². The van der Waals surface area contributed by atoms with Gasteiger partial charge < -0.3 is 9.47 Å². The summed E-state index contributed by atoms with van der Waals surface area (Å²) in [5, 5.41) is 12.1. The number of hydrazone groups is 1. The number of amides is 1. The highest BCUT2D eigenvalue weighted by Crippen LogP contribution is 2.23. The van der Waals surface area contributed by atoms with Crippen LogP contribution >= 0.6 is 0 Å². The molecular weight excluding hydrogens is 434 g/mol. The van der Waals surface area contributed by atoms with E-state index >= 15 is 0 Å². The fourth-order valence-electron chi connectivity index (χ4n) is 3.11. The molecule has 2 heterocycles. The predicted octanol–water partition coefficient (Wildman–Crippen LogP) is 4.62. The fourth-order valence-corrected chi connectivity index (χ4v) is 3.11. The van der Waals surface area contributed by atoms with Gasteiger partial charge in [-0.25, -0.2) is 19.4 Å². The largest absolute Gasteiger partial charge is 0.497 e. The number of ether oxygens (including phenoxy) is 2. The Hall–Kier alpha value is -4.47. The zero-order valence-corrected chi connectivity index (χ0v) is 19.3. The van der Waals surface area contributed by atoms with Gasteiger partial charge in [-0.1, -0.05) is 18.2 Å². The number of hydrogen-bond acceptors (Lipinski definition) is 8. The van der Waals surface area contributed by atoms with E-state index in [9.17, 15) is 4.79 Å². The number of anilines is 2. The Morgan fingerprint density at radius 3 is 2.65 bits per heavy atom. The molecule has 0 spiro atoms. The minimum Gasteiger partial charge on any atom is -0.497 e. The molecule has 0 fully saturated rings. The summed E-state index contributed by atoms with van der Waals surface area (Å²) in [5.74, 6) is 1.25. The molecule has 0 aliphatic heterocycles. The monoisotopic (exact) mass is 459 g/mol. The average Bonchev–Trinajstić information content (AvgIpc) is 3.24. The summed E-state index contributed by atoms with van der Waals surface area (Å²) < 4.78 is 12.3. The van der Waals surface area contributed by atoms with Gasteiger partial charge in [0, 0.05) is 11.8 Å². The first-order chi connectivity index (χ1) is 16.3. The van der Waals surface area contributed by atoms with Crippen LogP contribution in [-0.4, -0.2) is 44.8 Å². The first-order valence-corrected chi connectivity index (χ1v) is 10.5. The maximum atomic E-state index is 11.9. The van der Waals surface area contributed by atoms with E-state index in [0.717, 1.165) is 22.4 Å². The Bertz CT molecular complexity index is 1320. The molecular formula is C24H25N7O3. The molecule has 174 valence electrons. The van der Waals surface area contributed by atoms with Crippen molar-refractivity contribution in [1.82, 2.24) is 19.7 Å². The fraction of sp³-hybridized carbons (Fsp3) is 0.208. The third-order valence-corrected chi connectivity index (χ3v) is 4.60. The highest BCUT2D eigenvalue weighted by molar-refractivity contribution is 5.89. The van der Waals surface area contributed by atoms with Gasteiger partial charge in [-0.2, -0.15) is 10.2 Å². The van der Waals surface area contributed by atoms with Crippen LogP contribution in [0.3, 0.4) is 0 Å². The van der Waals surface area contributed by atoms with Crippen LogP contribution in [0.25, 0.3) is 16.7 Å². The van der Waals surface area contributed by atoms with Crippen LogP contribution < -0.4 is 15.5 Å². The molecule has 10 heteroatoms. The lowest BCUT2D eigenvalue weighted by molar-refractivity contribution is 0.0636. The van der Waals surface area contributed by atoms with Gasteiger partial charge in [-0.05, 0) is 50.6 Å². The van der Waals surface area contributed by atoms with Gasteiger partial charge in [0.05, 0.1) is 30.6 Å². The van der Waals surface area contributed by atoms with Gasteiger partial charge >= 0.3 is 6.09 Å². The molecule has 34 heavy (non-hydrogen) atoms. The van der Waals surface area contributed by atoms with Crippen molar-refractivity contribution in [3.8, 4) is 11.4 Å². The quantitative estimate of drug-likeness (QED) is 0.319. The maximum Gasteiger partial charge on any atom is 0.412 e. The molecule has 0 aliphatic rings. The number of hydrogen-bond donors (Lipinski definition) is 2. The van der Waals surface area contributed by atoms with Crippen LogP contribution in [-0.2, 0) is 4.74 Å². The van der Waals surface area contributed by atoms with E-state index in [1.807, 2.05) is 57.2 Å². The molecule has 0 radical (unpaired) electrons. The van der Waals surface area contributed by atoms with Gasteiger partial charge in [0.15, 0.2) is 11.5 Å². The zero-order chi connectivity index (χ0) is 24.1. The highest BCUT2D eigenvalue weighted by atomic mass is 16.6. The first-order valence-electron chi connectivity index (χ1n) is 10.5. The van der Waals surface area contributed by atoms with Crippen molar-refractivity contribution in [2.45, 2.75) is 26.4 Å². The van der Waals surface area contributed by atoms with Crippen molar-refractivity contribution in [2.75, 3.05) is 17.9 Å². The van der Waals surface area contributed by atoms with Crippen molar-refractivity contribution in [3.05, 3.63) is 66.6 Å². The number of carbonyl (C=O) groups is 1. The molecule has 0 bridgehead atoms. The third kappa shape index (κ3) is 5.47. The Morgan fingerprint density at radius 1 is 1.12 bits per heavy atom. The van der Waals surface area contributed by atoms with Gasteiger partial charge in [0.1, 0.15) is 17.7 Å². The number of carbonyl (C=O) groups excluding carboxylic acids is 1. The lowest BCUT2D eigenvalue weighted by atomic mass is 10.2. The van der Waals surface area contributed by atoms with Crippen molar-refractivity contribution < 1.29 is 14.3 Å². The van der Waals surface area contributed by atoms with Crippen LogP contribution in [0, 0.1) is 0 Å². The molecule has 2 N–H and O–H groups in total. The summed E-state index contributed by atoms with van der Waals surface area (Å²) in [4.78, 5) is 20.5. The Morgan fingerprint density at radius 2 is 1.91 bits per heavy atom. The van der Waals surface area contributed by atoms with Gasteiger partial charge in [0.25, 0.3) is 0 Å². The number of methoxy groups -OCH3 is 1. The third-order valence-electron chi connectivity index (χ3n) is 4.60. The van der Waals surface area contributed by atoms with Crippen molar-refractivity contribution in [2.24, 2.45) is 5.10 Å². The molecule has 2 aromatic heterocycles. The van der Waals surface area contributed by atoms with Crippen LogP contribution in [0.15, 0.2) is 66.2 Å². The summed E-state index contributed by atoms with van der Waals surface area (Å²) in [6.45, 7) is 5.44. The molecule has 0 atom stereocenters. The topological polar surface area (TPSA) is 116 Å². The summed E-state index contributed by atoms with van der Waals surface area (Å²) >= 11 is 0. The van der Waals surface area contributed by atoms with Gasteiger partial charge in [-0.3, -0.25) is 10.7 Å². The average molecular weight is 460 g/mol. The molecule has 0 unspecified atom stereocenters. The summed E-state index contributed by atoms with van der Waals surface area (Å²) in [6.07, 6.45) is 4.29. The number of nitrogens with zero attached hydrogens (tertiary/aromatic N) is 5. The van der Waals surface area contributed by atoms with Crippen LogP contribution in [0.5, 0.6) is 5.75 Å². The van der Waals surface area contributed by atoms with Gasteiger partial charge in [-0.15, -0.1) is 0 Å². The van der Waals surface area contributed by atoms with Crippen LogP contribution in [0.1, 0.15) is 26.3 Å². The van der Waals surface area contributed by atoms with E-state index in [1.54, 1.807) is 36.3 Å². The second-order valence-electron chi connectivity index (χ2n) is 8.34. The number of benzene rings is 2. The second kappa shape index (κ2) is 9.57. The standard InChI is InChI=1S/C24H25N7O3/c1-24(2,3)34-23(32)29-17-10-8-16(9-11-17)13-27-30-21-20-14-28-31(22(20)26-15-25-21)18-6-5-7-19(12-18)33-4/h5-15H,1-4H3,(H,29,32)(H,25,26,30)/b27-13+. The minimum absolute atomic E-state index is 0.502. The Balaban J connectivity index is 1.45. The number of fused-ring (bicyclic) bond motifs is 1. The summed E-state index contributed by atoms with van der Waals surface area (Å²) in [5.41, 5.74) is 5.31. The zero-order valence-electron chi connectivity index (χ0n) is 19.3. The van der Waals surface area contributed by atoms with Gasteiger partial charge in [0.2, 0.25) is 0 Å². The van der Waals surface area contributed by atoms with E-state index in [4.69, 9.17) is 9.47 Å². The Labute approximate surface area is 196 Å². The van der Waals surface area contributed by atoms with Crippen molar-refractivity contribution in [3.63, 3.8) is 0 Å². The van der Waals surface area contributed by atoms with Crippen LogP contribution in [0.4, 0.5) is 16.3 Å². The summed E-state index contributed by atoms with van der Waals surface area (Å²) in [7, 11) is 1.62. The molecule has 0 saturated carbocycles. The number of nitrogens with one attached hydrogen (secondary N) is 2. The minimum atomic E-state index is -0.556. The Kier molecular flexibility index (Phi) is 6.39. The first kappa shape index (κ1) is 22.7. The van der Waals surface area contributed by atoms with E-state index < -0.39 is 11.7 Å². The van der Waals surface area contributed by atoms with E-state index in [0.29, 0.717) is 17.2 Å². The molecule has 4 aromatic rings. The second-order valence-corrected chi connectivity index (χ2v) is 8.34. The SMILES string of the molecule is COc1cccc(-n2ncc3c(N/N=C/c4ccc(NC(=O)OC(C)(C)C)cc4)ncnc32)c1. The lowest BCUT2D eigenvalue weighted by Crippen LogP contribution is -2.27. The molecule has 10 nitrogen and oxygen atoms in total. The normalized spacial score (nSPS) is 11.5. The molecule has 0 aliphatic carbocycles. The highest BCUT2D eigenvalue weighted by Gasteiger charge is 2.16. The molecule has 1 amide bonds. The smallest absolute Gasteiger partial charge is 0.412 e. The van der Waals surface area contributed by atoms with E-state index in [1.165, 1.54) is 6.33 Å². The summed E-state index contributed by atoms with van der Waals surface area (Å²) in [6, 6.07) is 14.7. The molecule has 4 rings (SSSR count). The molecule has 2 aromatic carbocycles. The lowest BCUT2D eigenvalue weighted by Gasteiger charge is -2.19. The maximum absolute atomic E-state index is 11.9. The molecule has 0 saturated heterocycles. The van der Waals surface area contributed by atoms with E-state index in [2.05, 4.69) is 30.9 Å². The predicted molar refractivity (Wildman–Crippen MR) is 131 cm³/mol.